The van der Waals surface area contributed by atoms with Crippen LogP contribution >= 0.6 is 0 Å². The van der Waals surface area contributed by atoms with E-state index in [0.29, 0.717) is 6.54 Å². The summed E-state index contributed by atoms with van der Waals surface area (Å²) in [6, 6.07) is 21.5. The van der Waals surface area contributed by atoms with E-state index in [2.05, 4.69) is 15.3 Å². The van der Waals surface area contributed by atoms with E-state index in [1.54, 1.807) is 6.08 Å². The summed E-state index contributed by atoms with van der Waals surface area (Å²) in [4.78, 5) is 20.4. The minimum Gasteiger partial charge on any atom is -0.347 e. The highest BCUT2D eigenvalue weighted by Gasteiger charge is 2.03. The molecular formula is C20H17N3O. The van der Waals surface area contributed by atoms with Gasteiger partial charge in [-0.1, -0.05) is 60.7 Å². The molecule has 0 saturated carbocycles. The Bertz CT molecular complexity index is 830. The number of nitrogens with zero attached hydrogens (tertiary/aromatic N) is 2. The second kappa shape index (κ2) is 7.83. The number of hydrogen-bond acceptors (Lipinski definition) is 3. The van der Waals surface area contributed by atoms with Crippen LogP contribution in [0.5, 0.6) is 0 Å². The lowest BCUT2D eigenvalue weighted by atomic mass is 10.1. The first kappa shape index (κ1) is 15.6. The number of rotatable bonds is 5. The zero-order valence-electron chi connectivity index (χ0n) is 13.1. The maximum atomic E-state index is 11.9. The van der Waals surface area contributed by atoms with E-state index in [-0.39, 0.29) is 5.91 Å². The van der Waals surface area contributed by atoms with Crippen LogP contribution in [0.4, 0.5) is 0 Å². The van der Waals surface area contributed by atoms with Crippen molar-refractivity contribution in [3.05, 3.63) is 90.4 Å². The van der Waals surface area contributed by atoms with Crippen LogP contribution in [0.2, 0.25) is 0 Å². The number of amides is 1. The summed E-state index contributed by atoms with van der Waals surface area (Å²) in [5.74, 6) is -0.154. The first-order valence-corrected chi connectivity index (χ1v) is 7.68. The van der Waals surface area contributed by atoms with Gasteiger partial charge in [0.2, 0.25) is 5.91 Å². The van der Waals surface area contributed by atoms with Crippen LogP contribution in [0.3, 0.4) is 0 Å². The molecule has 0 spiro atoms. The molecule has 0 saturated heterocycles. The quantitative estimate of drug-likeness (QED) is 0.733. The van der Waals surface area contributed by atoms with Gasteiger partial charge in [0.1, 0.15) is 6.33 Å². The summed E-state index contributed by atoms with van der Waals surface area (Å²) in [6.45, 7) is 0.361. The molecule has 3 rings (SSSR count). The fourth-order valence-electron chi connectivity index (χ4n) is 2.23. The maximum absolute atomic E-state index is 11.9. The van der Waals surface area contributed by atoms with E-state index in [1.165, 1.54) is 12.4 Å². The summed E-state index contributed by atoms with van der Waals surface area (Å²) in [5.41, 5.74) is 3.62. The van der Waals surface area contributed by atoms with Gasteiger partial charge < -0.3 is 5.32 Å². The lowest BCUT2D eigenvalue weighted by Crippen LogP contribution is -2.20. The van der Waals surface area contributed by atoms with Gasteiger partial charge in [0.15, 0.2) is 0 Å². The number of carbonyl (C=O) groups is 1. The third-order valence-electron chi connectivity index (χ3n) is 3.46. The van der Waals surface area contributed by atoms with Gasteiger partial charge in [-0.15, -0.1) is 0 Å². The van der Waals surface area contributed by atoms with Gasteiger partial charge >= 0.3 is 0 Å². The van der Waals surface area contributed by atoms with Crippen molar-refractivity contribution in [2.24, 2.45) is 0 Å². The molecule has 2 aromatic carbocycles. The lowest BCUT2D eigenvalue weighted by Gasteiger charge is -2.04. The number of benzene rings is 2. The number of hydrogen-bond donors (Lipinski definition) is 1. The Morgan fingerprint density at radius 2 is 1.67 bits per heavy atom. The molecule has 1 amide bonds. The van der Waals surface area contributed by atoms with Crippen LogP contribution in [0.15, 0.2) is 79.1 Å². The Morgan fingerprint density at radius 1 is 0.958 bits per heavy atom. The molecule has 4 nitrogen and oxygen atoms in total. The first-order valence-electron chi connectivity index (χ1n) is 7.68. The number of aromatic nitrogens is 2. The van der Waals surface area contributed by atoms with Crippen molar-refractivity contribution < 1.29 is 4.79 Å². The molecule has 24 heavy (non-hydrogen) atoms. The third kappa shape index (κ3) is 4.36. The zero-order chi connectivity index (χ0) is 16.6. The smallest absolute Gasteiger partial charge is 0.244 e. The third-order valence-corrected chi connectivity index (χ3v) is 3.46. The van der Waals surface area contributed by atoms with Gasteiger partial charge in [0.25, 0.3) is 0 Å². The minimum atomic E-state index is -0.154. The van der Waals surface area contributed by atoms with Crippen molar-refractivity contribution >= 4 is 12.0 Å². The SMILES string of the molecule is O=C(/C=C/c1ccccc1)NCc1cc(-c2ccccc2)ncn1. The molecule has 0 aliphatic carbocycles. The van der Waals surface area contributed by atoms with E-state index in [0.717, 1.165) is 22.5 Å². The van der Waals surface area contributed by atoms with Crippen LogP contribution in [0.25, 0.3) is 17.3 Å². The first-order chi connectivity index (χ1) is 11.8. The predicted molar refractivity (Wildman–Crippen MR) is 94.8 cm³/mol. The standard InChI is InChI=1S/C20H17N3O/c24-20(12-11-16-7-3-1-4-8-16)21-14-18-13-19(23-15-22-18)17-9-5-2-6-10-17/h1-13,15H,14H2,(H,21,24)/b12-11+. The van der Waals surface area contributed by atoms with Crippen LogP contribution in [-0.4, -0.2) is 15.9 Å². The average molecular weight is 315 g/mol. The lowest BCUT2D eigenvalue weighted by molar-refractivity contribution is -0.116. The topological polar surface area (TPSA) is 54.9 Å². The molecule has 118 valence electrons. The fourth-order valence-corrected chi connectivity index (χ4v) is 2.23. The van der Waals surface area contributed by atoms with E-state index in [4.69, 9.17) is 0 Å². The van der Waals surface area contributed by atoms with Crippen molar-refractivity contribution in [1.82, 2.24) is 15.3 Å². The minimum absolute atomic E-state index is 0.154. The zero-order valence-corrected chi connectivity index (χ0v) is 13.1. The van der Waals surface area contributed by atoms with Crippen molar-refractivity contribution in [3.63, 3.8) is 0 Å². The Morgan fingerprint density at radius 3 is 2.42 bits per heavy atom. The summed E-state index contributed by atoms with van der Waals surface area (Å²) in [6.07, 6.45) is 4.82. The van der Waals surface area contributed by atoms with E-state index >= 15 is 0 Å². The second-order valence-corrected chi connectivity index (χ2v) is 5.22. The second-order valence-electron chi connectivity index (χ2n) is 5.22. The Hall–Kier alpha value is -3.27. The maximum Gasteiger partial charge on any atom is 0.244 e. The summed E-state index contributed by atoms with van der Waals surface area (Å²) >= 11 is 0. The highest BCUT2D eigenvalue weighted by Crippen LogP contribution is 2.15. The van der Waals surface area contributed by atoms with Crippen LogP contribution in [-0.2, 0) is 11.3 Å². The molecule has 0 atom stereocenters. The highest BCUT2D eigenvalue weighted by atomic mass is 16.1. The number of carbonyl (C=O) groups excluding carboxylic acids is 1. The molecule has 0 radical (unpaired) electrons. The van der Waals surface area contributed by atoms with Gasteiger partial charge in [-0.05, 0) is 17.7 Å². The monoisotopic (exact) mass is 315 g/mol. The van der Waals surface area contributed by atoms with E-state index in [9.17, 15) is 4.79 Å². The van der Waals surface area contributed by atoms with Gasteiger partial charge in [0.05, 0.1) is 17.9 Å². The van der Waals surface area contributed by atoms with Crippen LogP contribution in [0, 0.1) is 0 Å². The van der Waals surface area contributed by atoms with Crippen molar-refractivity contribution in [1.29, 1.82) is 0 Å². The molecule has 0 bridgehead atoms. The molecule has 0 aliphatic heterocycles. The average Bonchev–Trinajstić information content (AvgIpc) is 2.66. The fraction of sp³-hybridized carbons (Fsp3) is 0.0500. The molecule has 0 fully saturated rings. The van der Waals surface area contributed by atoms with Crippen LogP contribution in [0.1, 0.15) is 11.3 Å². The molecule has 1 aromatic heterocycles. The van der Waals surface area contributed by atoms with Gasteiger partial charge in [0, 0.05) is 11.6 Å². The highest BCUT2D eigenvalue weighted by molar-refractivity contribution is 5.91. The van der Waals surface area contributed by atoms with Crippen molar-refractivity contribution in [2.75, 3.05) is 0 Å². The molecule has 0 aliphatic rings. The Kier molecular flexibility index (Phi) is 5.10. The van der Waals surface area contributed by atoms with Crippen LogP contribution < -0.4 is 5.32 Å². The molecule has 1 heterocycles. The molecule has 3 aromatic rings. The van der Waals surface area contributed by atoms with Gasteiger partial charge in [-0.2, -0.15) is 0 Å². The Balaban J connectivity index is 1.61. The van der Waals surface area contributed by atoms with Crippen molar-refractivity contribution in [3.8, 4) is 11.3 Å². The molecule has 4 heteroatoms. The largest absolute Gasteiger partial charge is 0.347 e. The van der Waals surface area contributed by atoms with E-state index < -0.39 is 0 Å². The number of nitrogens with one attached hydrogen (secondary N) is 1. The molecule has 0 unspecified atom stereocenters. The van der Waals surface area contributed by atoms with Gasteiger partial charge in [-0.25, -0.2) is 9.97 Å². The summed E-state index contributed by atoms with van der Waals surface area (Å²) in [5, 5.41) is 2.83. The van der Waals surface area contributed by atoms with E-state index in [1.807, 2.05) is 66.7 Å². The predicted octanol–water partition coefficient (Wildman–Crippen LogP) is 3.47. The normalized spacial score (nSPS) is 10.7. The van der Waals surface area contributed by atoms with Gasteiger partial charge in [-0.3, -0.25) is 4.79 Å². The summed E-state index contributed by atoms with van der Waals surface area (Å²) in [7, 11) is 0. The Labute approximate surface area is 140 Å². The molecular weight excluding hydrogens is 298 g/mol. The van der Waals surface area contributed by atoms with Crippen molar-refractivity contribution in [2.45, 2.75) is 6.54 Å². The molecule has 1 N–H and O–H groups in total. The summed E-state index contributed by atoms with van der Waals surface area (Å²) < 4.78 is 0.